The molecule has 0 amide bonds. The van der Waals surface area contributed by atoms with E-state index in [4.69, 9.17) is 10.5 Å². The first-order valence-electron chi connectivity index (χ1n) is 6.02. The lowest BCUT2D eigenvalue weighted by Crippen LogP contribution is -2.05. The van der Waals surface area contributed by atoms with E-state index in [0.717, 1.165) is 14.6 Å². The molecule has 7 heteroatoms. The van der Waals surface area contributed by atoms with Gasteiger partial charge in [0.1, 0.15) is 18.2 Å². The standard InChI is InChI=1S/C13H14Br2N4O/c1-2-20-7-12-17-10(16)6-11(18-12)19-13-8(14)4-3-5-9(13)15/h3-6H,2,7H2,1H3,(H3,16,17,18,19). The van der Waals surface area contributed by atoms with Crippen molar-refractivity contribution in [3.63, 3.8) is 0 Å². The third-order valence-electron chi connectivity index (χ3n) is 2.44. The maximum atomic E-state index is 5.79. The van der Waals surface area contributed by atoms with Gasteiger partial charge in [-0.05, 0) is 50.9 Å². The molecular formula is C13H14Br2N4O. The molecule has 0 aliphatic rings. The smallest absolute Gasteiger partial charge is 0.158 e. The molecule has 0 saturated carbocycles. The summed E-state index contributed by atoms with van der Waals surface area (Å²) in [7, 11) is 0. The molecule has 2 aromatic rings. The van der Waals surface area contributed by atoms with Crippen molar-refractivity contribution in [2.24, 2.45) is 0 Å². The number of benzene rings is 1. The number of ether oxygens (including phenoxy) is 1. The summed E-state index contributed by atoms with van der Waals surface area (Å²) in [5.41, 5.74) is 6.67. The summed E-state index contributed by atoms with van der Waals surface area (Å²) in [5.74, 6) is 1.58. The molecule has 0 aliphatic heterocycles. The maximum absolute atomic E-state index is 5.79. The minimum absolute atomic E-state index is 0.341. The minimum atomic E-state index is 0.341. The fourth-order valence-electron chi connectivity index (χ4n) is 1.58. The molecule has 0 atom stereocenters. The van der Waals surface area contributed by atoms with Gasteiger partial charge in [-0.3, -0.25) is 0 Å². The first kappa shape index (κ1) is 15.2. The molecule has 106 valence electrons. The van der Waals surface area contributed by atoms with Crippen LogP contribution in [0.5, 0.6) is 0 Å². The normalized spacial score (nSPS) is 10.6. The predicted molar refractivity (Wildman–Crippen MR) is 86.9 cm³/mol. The van der Waals surface area contributed by atoms with Crippen molar-refractivity contribution in [3.05, 3.63) is 39.0 Å². The molecule has 0 aliphatic carbocycles. The molecule has 0 unspecified atom stereocenters. The Kier molecular flexibility index (Phi) is 5.33. The number of halogens is 2. The zero-order valence-electron chi connectivity index (χ0n) is 10.9. The third-order valence-corrected chi connectivity index (χ3v) is 3.77. The van der Waals surface area contributed by atoms with Gasteiger partial charge in [0.25, 0.3) is 0 Å². The summed E-state index contributed by atoms with van der Waals surface area (Å²) in [5, 5.41) is 3.22. The van der Waals surface area contributed by atoms with Crippen LogP contribution in [0.3, 0.4) is 0 Å². The van der Waals surface area contributed by atoms with Crippen molar-refractivity contribution >= 4 is 49.2 Å². The fourth-order valence-corrected chi connectivity index (χ4v) is 2.78. The molecule has 2 rings (SSSR count). The number of hydrogen-bond acceptors (Lipinski definition) is 5. The van der Waals surface area contributed by atoms with E-state index in [1.807, 2.05) is 25.1 Å². The number of para-hydroxylation sites is 1. The average molecular weight is 402 g/mol. The first-order chi connectivity index (χ1) is 9.60. The van der Waals surface area contributed by atoms with Crippen LogP contribution < -0.4 is 11.1 Å². The number of anilines is 3. The monoisotopic (exact) mass is 400 g/mol. The fraction of sp³-hybridized carbons (Fsp3) is 0.231. The summed E-state index contributed by atoms with van der Waals surface area (Å²) in [4.78, 5) is 8.52. The second-order valence-electron chi connectivity index (χ2n) is 3.95. The van der Waals surface area contributed by atoms with Crippen LogP contribution in [-0.2, 0) is 11.3 Å². The molecule has 5 nitrogen and oxygen atoms in total. The molecule has 0 spiro atoms. The van der Waals surface area contributed by atoms with Crippen LogP contribution in [-0.4, -0.2) is 16.6 Å². The van der Waals surface area contributed by atoms with Gasteiger partial charge in [-0.1, -0.05) is 6.07 Å². The van der Waals surface area contributed by atoms with Crippen molar-refractivity contribution in [2.75, 3.05) is 17.7 Å². The summed E-state index contributed by atoms with van der Waals surface area (Å²) < 4.78 is 7.15. The Labute approximate surface area is 134 Å². The summed E-state index contributed by atoms with van der Waals surface area (Å²) in [6.45, 7) is 2.87. The lowest BCUT2D eigenvalue weighted by atomic mass is 10.3. The Morgan fingerprint density at radius 2 is 1.95 bits per heavy atom. The highest BCUT2D eigenvalue weighted by molar-refractivity contribution is 9.11. The van der Waals surface area contributed by atoms with E-state index in [9.17, 15) is 0 Å². The van der Waals surface area contributed by atoms with E-state index < -0.39 is 0 Å². The third kappa shape index (κ3) is 3.91. The molecule has 3 N–H and O–H groups in total. The number of nitrogens with zero attached hydrogens (tertiary/aromatic N) is 2. The molecule has 1 heterocycles. The number of nitrogen functional groups attached to an aromatic ring is 1. The number of aromatic nitrogens is 2. The molecule has 0 radical (unpaired) electrons. The predicted octanol–water partition coefficient (Wildman–Crippen LogP) is 3.86. The molecule has 1 aromatic carbocycles. The lowest BCUT2D eigenvalue weighted by molar-refractivity contribution is 0.128. The van der Waals surface area contributed by atoms with E-state index >= 15 is 0 Å². The Bertz CT molecular complexity index is 587. The van der Waals surface area contributed by atoms with E-state index in [1.54, 1.807) is 6.07 Å². The van der Waals surface area contributed by atoms with Gasteiger partial charge in [0.2, 0.25) is 0 Å². The second kappa shape index (κ2) is 7.01. The highest BCUT2D eigenvalue weighted by Gasteiger charge is 2.08. The molecule has 1 aromatic heterocycles. The zero-order valence-corrected chi connectivity index (χ0v) is 14.0. The van der Waals surface area contributed by atoms with E-state index in [2.05, 4.69) is 47.1 Å². The van der Waals surface area contributed by atoms with Crippen LogP contribution in [0.1, 0.15) is 12.7 Å². The summed E-state index contributed by atoms with van der Waals surface area (Å²) in [6, 6.07) is 7.51. The van der Waals surface area contributed by atoms with Gasteiger partial charge < -0.3 is 15.8 Å². The lowest BCUT2D eigenvalue weighted by Gasteiger charge is -2.11. The van der Waals surface area contributed by atoms with Crippen molar-refractivity contribution in [2.45, 2.75) is 13.5 Å². The largest absolute Gasteiger partial charge is 0.384 e. The van der Waals surface area contributed by atoms with E-state index in [-0.39, 0.29) is 0 Å². The minimum Gasteiger partial charge on any atom is -0.384 e. The SMILES string of the molecule is CCOCc1nc(N)cc(Nc2c(Br)cccc2Br)n1. The first-order valence-corrected chi connectivity index (χ1v) is 7.61. The van der Waals surface area contributed by atoms with Crippen LogP contribution in [0.15, 0.2) is 33.2 Å². The number of nitrogens with one attached hydrogen (secondary N) is 1. The Morgan fingerprint density at radius 3 is 2.60 bits per heavy atom. The van der Waals surface area contributed by atoms with Gasteiger partial charge in [-0.2, -0.15) is 0 Å². The van der Waals surface area contributed by atoms with Gasteiger partial charge >= 0.3 is 0 Å². The van der Waals surface area contributed by atoms with E-state index in [0.29, 0.717) is 30.7 Å². The summed E-state index contributed by atoms with van der Waals surface area (Å²) >= 11 is 6.98. The van der Waals surface area contributed by atoms with Crippen LogP contribution in [0, 0.1) is 0 Å². The van der Waals surface area contributed by atoms with Crippen LogP contribution in [0.4, 0.5) is 17.3 Å². The van der Waals surface area contributed by atoms with Crippen molar-refractivity contribution in [3.8, 4) is 0 Å². The van der Waals surface area contributed by atoms with E-state index in [1.165, 1.54) is 0 Å². The summed E-state index contributed by atoms with van der Waals surface area (Å²) in [6.07, 6.45) is 0. The Hall–Kier alpha value is -1.18. The van der Waals surface area contributed by atoms with Crippen LogP contribution in [0.2, 0.25) is 0 Å². The topological polar surface area (TPSA) is 73.1 Å². The van der Waals surface area contributed by atoms with Crippen LogP contribution >= 0.6 is 31.9 Å². The maximum Gasteiger partial charge on any atom is 0.158 e. The molecule has 0 fully saturated rings. The van der Waals surface area contributed by atoms with Gasteiger partial charge in [-0.25, -0.2) is 9.97 Å². The quantitative estimate of drug-likeness (QED) is 0.795. The highest BCUT2D eigenvalue weighted by atomic mass is 79.9. The molecule has 0 bridgehead atoms. The number of rotatable bonds is 5. The highest BCUT2D eigenvalue weighted by Crippen LogP contribution is 2.32. The van der Waals surface area contributed by atoms with Crippen molar-refractivity contribution in [1.29, 1.82) is 0 Å². The molecular weight excluding hydrogens is 388 g/mol. The van der Waals surface area contributed by atoms with Gasteiger partial charge in [0.05, 0.1) is 5.69 Å². The number of nitrogens with two attached hydrogens (primary N) is 1. The average Bonchev–Trinajstić information content (AvgIpc) is 2.40. The van der Waals surface area contributed by atoms with Crippen molar-refractivity contribution in [1.82, 2.24) is 9.97 Å². The van der Waals surface area contributed by atoms with Crippen LogP contribution in [0.25, 0.3) is 0 Å². The molecule has 20 heavy (non-hydrogen) atoms. The van der Waals surface area contributed by atoms with Crippen molar-refractivity contribution < 1.29 is 4.74 Å². The Morgan fingerprint density at radius 1 is 1.25 bits per heavy atom. The van der Waals surface area contributed by atoms with Gasteiger partial charge in [-0.15, -0.1) is 0 Å². The Balaban J connectivity index is 2.27. The second-order valence-corrected chi connectivity index (χ2v) is 5.66. The molecule has 0 saturated heterocycles. The number of hydrogen-bond donors (Lipinski definition) is 2. The zero-order chi connectivity index (χ0) is 14.5. The van der Waals surface area contributed by atoms with Gasteiger partial charge in [0.15, 0.2) is 5.82 Å². The van der Waals surface area contributed by atoms with Gasteiger partial charge in [0, 0.05) is 21.6 Å².